The molecule has 0 bridgehead atoms. The van der Waals surface area contributed by atoms with Gasteiger partial charge < -0.3 is 14.8 Å². The highest BCUT2D eigenvalue weighted by Crippen LogP contribution is 2.34. The van der Waals surface area contributed by atoms with E-state index in [1.807, 2.05) is 24.3 Å². The Labute approximate surface area is 103 Å². The largest absolute Gasteiger partial charge is 0.454 e. The molecule has 18 heavy (non-hydrogen) atoms. The molecule has 2 heterocycles. The van der Waals surface area contributed by atoms with Crippen molar-refractivity contribution >= 4 is 11.5 Å². The molecule has 6 heteroatoms. The lowest BCUT2D eigenvalue weighted by Gasteiger charge is -2.05. The van der Waals surface area contributed by atoms with Crippen LogP contribution in [0.5, 0.6) is 11.5 Å². The number of rotatable bonds is 2. The number of nitrogens with one attached hydrogen (secondary N) is 1. The van der Waals surface area contributed by atoms with Crippen molar-refractivity contribution < 1.29 is 9.47 Å². The lowest BCUT2D eigenvalue weighted by molar-refractivity contribution is 0.174. The first-order valence-corrected chi connectivity index (χ1v) is 5.25. The summed E-state index contributed by atoms with van der Waals surface area (Å²) in [6.45, 7) is 0.241. The standard InChI is InChI=1S/C12H8N4O2/c13-6-12-14-4-3-11(16-12)15-8-1-2-9-10(5-8)18-7-17-9/h1-5H,7H2,(H,14,15,16). The number of hydrogen-bond donors (Lipinski definition) is 1. The number of nitriles is 1. The summed E-state index contributed by atoms with van der Waals surface area (Å²) in [5.74, 6) is 2.09. The van der Waals surface area contributed by atoms with E-state index in [4.69, 9.17) is 14.7 Å². The number of anilines is 2. The van der Waals surface area contributed by atoms with E-state index < -0.39 is 0 Å². The molecule has 1 aromatic heterocycles. The summed E-state index contributed by atoms with van der Waals surface area (Å²) in [7, 11) is 0. The van der Waals surface area contributed by atoms with Crippen molar-refractivity contribution in [2.45, 2.75) is 0 Å². The van der Waals surface area contributed by atoms with Crippen LogP contribution in [0, 0.1) is 11.3 Å². The molecular formula is C12H8N4O2. The second-order valence-electron chi connectivity index (χ2n) is 3.57. The van der Waals surface area contributed by atoms with Crippen LogP contribution in [0.15, 0.2) is 30.5 Å². The smallest absolute Gasteiger partial charge is 0.234 e. The van der Waals surface area contributed by atoms with E-state index in [9.17, 15) is 0 Å². The van der Waals surface area contributed by atoms with Crippen LogP contribution in [0.4, 0.5) is 11.5 Å². The van der Waals surface area contributed by atoms with Gasteiger partial charge in [0.1, 0.15) is 11.9 Å². The topological polar surface area (TPSA) is 80.1 Å². The fourth-order valence-corrected chi connectivity index (χ4v) is 1.60. The minimum atomic E-state index is 0.126. The first-order chi connectivity index (χ1) is 8.85. The molecule has 0 amide bonds. The van der Waals surface area contributed by atoms with Crippen molar-refractivity contribution in [2.24, 2.45) is 0 Å². The zero-order valence-corrected chi connectivity index (χ0v) is 9.25. The van der Waals surface area contributed by atoms with E-state index in [-0.39, 0.29) is 12.6 Å². The summed E-state index contributed by atoms with van der Waals surface area (Å²) >= 11 is 0. The molecule has 6 nitrogen and oxygen atoms in total. The Morgan fingerprint density at radius 3 is 3.00 bits per heavy atom. The van der Waals surface area contributed by atoms with Gasteiger partial charge in [-0.3, -0.25) is 0 Å². The van der Waals surface area contributed by atoms with Gasteiger partial charge in [-0.15, -0.1) is 0 Å². The van der Waals surface area contributed by atoms with Crippen LogP contribution < -0.4 is 14.8 Å². The SMILES string of the molecule is N#Cc1nccc(Nc2ccc3c(c2)OCO3)n1. The van der Waals surface area contributed by atoms with Crippen LogP contribution in [-0.2, 0) is 0 Å². The van der Waals surface area contributed by atoms with E-state index in [0.717, 1.165) is 11.4 Å². The third-order valence-electron chi connectivity index (χ3n) is 2.40. The zero-order chi connectivity index (χ0) is 12.4. The van der Waals surface area contributed by atoms with Gasteiger partial charge in [0.05, 0.1) is 0 Å². The van der Waals surface area contributed by atoms with Gasteiger partial charge >= 0.3 is 0 Å². The van der Waals surface area contributed by atoms with Gasteiger partial charge in [-0.25, -0.2) is 9.97 Å². The van der Waals surface area contributed by atoms with E-state index in [0.29, 0.717) is 11.6 Å². The molecule has 1 N–H and O–H groups in total. The molecule has 0 unspecified atom stereocenters. The monoisotopic (exact) mass is 240 g/mol. The minimum absolute atomic E-state index is 0.126. The first kappa shape index (κ1) is 10.4. The van der Waals surface area contributed by atoms with Crippen LogP contribution in [0.2, 0.25) is 0 Å². The Bertz CT molecular complexity index is 636. The van der Waals surface area contributed by atoms with E-state index in [1.54, 1.807) is 6.07 Å². The fourth-order valence-electron chi connectivity index (χ4n) is 1.60. The van der Waals surface area contributed by atoms with Gasteiger partial charge in [-0.1, -0.05) is 0 Å². The minimum Gasteiger partial charge on any atom is -0.454 e. The molecule has 1 aromatic carbocycles. The molecule has 0 aliphatic carbocycles. The molecule has 0 spiro atoms. The summed E-state index contributed by atoms with van der Waals surface area (Å²) in [6.07, 6.45) is 1.53. The van der Waals surface area contributed by atoms with Crippen LogP contribution in [0.3, 0.4) is 0 Å². The second kappa shape index (κ2) is 4.22. The Morgan fingerprint density at radius 2 is 2.11 bits per heavy atom. The first-order valence-electron chi connectivity index (χ1n) is 5.25. The molecule has 0 saturated carbocycles. The van der Waals surface area contributed by atoms with Crippen molar-refractivity contribution in [2.75, 3.05) is 12.1 Å². The number of fused-ring (bicyclic) bond motifs is 1. The highest BCUT2D eigenvalue weighted by molar-refractivity contribution is 5.61. The zero-order valence-electron chi connectivity index (χ0n) is 9.25. The number of nitrogens with zero attached hydrogens (tertiary/aromatic N) is 3. The lowest BCUT2D eigenvalue weighted by Crippen LogP contribution is -1.96. The molecule has 0 fully saturated rings. The van der Waals surface area contributed by atoms with Gasteiger partial charge in [0.25, 0.3) is 0 Å². The third-order valence-corrected chi connectivity index (χ3v) is 2.40. The molecule has 3 rings (SSSR count). The summed E-state index contributed by atoms with van der Waals surface area (Å²) in [5.41, 5.74) is 0.807. The Balaban J connectivity index is 1.86. The number of benzene rings is 1. The van der Waals surface area contributed by atoms with E-state index >= 15 is 0 Å². The van der Waals surface area contributed by atoms with E-state index in [1.165, 1.54) is 6.20 Å². The Morgan fingerprint density at radius 1 is 1.22 bits per heavy atom. The molecule has 0 saturated heterocycles. The summed E-state index contributed by atoms with van der Waals surface area (Å²) in [6, 6.07) is 9.06. The third kappa shape index (κ3) is 1.89. The lowest BCUT2D eigenvalue weighted by atomic mass is 10.3. The van der Waals surface area contributed by atoms with Crippen molar-refractivity contribution in [3.05, 3.63) is 36.3 Å². The molecule has 0 atom stereocenters. The molecule has 2 aromatic rings. The van der Waals surface area contributed by atoms with Crippen LogP contribution in [0.25, 0.3) is 0 Å². The van der Waals surface area contributed by atoms with Crippen molar-refractivity contribution in [1.82, 2.24) is 9.97 Å². The molecular weight excluding hydrogens is 232 g/mol. The van der Waals surface area contributed by atoms with Crippen molar-refractivity contribution in [1.29, 1.82) is 5.26 Å². The number of hydrogen-bond acceptors (Lipinski definition) is 6. The number of ether oxygens (including phenoxy) is 2. The maximum Gasteiger partial charge on any atom is 0.234 e. The average Bonchev–Trinajstić information content (AvgIpc) is 2.86. The van der Waals surface area contributed by atoms with Crippen LogP contribution >= 0.6 is 0 Å². The van der Waals surface area contributed by atoms with Crippen LogP contribution in [-0.4, -0.2) is 16.8 Å². The van der Waals surface area contributed by atoms with Gasteiger partial charge in [-0.05, 0) is 18.2 Å². The second-order valence-corrected chi connectivity index (χ2v) is 3.57. The van der Waals surface area contributed by atoms with Gasteiger partial charge in [0.2, 0.25) is 12.6 Å². The highest BCUT2D eigenvalue weighted by Gasteiger charge is 2.13. The molecule has 1 aliphatic heterocycles. The van der Waals surface area contributed by atoms with Gasteiger partial charge in [0.15, 0.2) is 11.5 Å². The molecule has 0 radical (unpaired) electrons. The van der Waals surface area contributed by atoms with Gasteiger partial charge in [0, 0.05) is 18.0 Å². The maximum atomic E-state index is 8.72. The van der Waals surface area contributed by atoms with Crippen molar-refractivity contribution in [3.63, 3.8) is 0 Å². The number of aromatic nitrogens is 2. The van der Waals surface area contributed by atoms with E-state index in [2.05, 4.69) is 15.3 Å². The van der Waals surface area contributed by atoms with Gasteiger partial charge in [-0.2, -0.15) is 5.26 Å². The summed E-state index contributed by atoms with van der Waals surface area (Å²) < 4.78 is 10.5. The Kier molecular flexibility index (Phi) is 2.43. The summed E-state index contributed by atoms with van der Waals surface area (Å²) in [5, 5.41) is 11.8. The predicted molar refractivity (Wildman–Crippen MR) is 62.6 cm³/mol. The average molecular weight is 240 g/mol. The van der Waals surface area contributed by atoms with Crippen LogP contribution in [0.1, 0.15) is 5.82 Å². The maximum absolute atomic E-state index is 8.72. The quantitative estimate of drug-likeness (QED) is 0.862. The fraction of sp³-hybridized carbons (Fsp3) is 0.0833. The summed E-state index contributed by atoms with van der Waals surface area (Å²) in [4.78, 5) is 7.83. The molecule has 88 valence electrons. The molecule has 1 aliphatic rings. The normalized spacial score (nSPS) is 11.9. The highest BCUT2D eigenvalue weighted by atomic mass is 16.7. The predicted octanol–water partition coefficient (Wildman–Crippen LogP) is 1.82. The van der Waals surface area contributed by atoms with Crippen molar-refractivity contribution in [3.8, 4) is 17.6 Å². The Hall–Kier alpha value is -2.81.